The highest BCUT2D eigenvalue weighted by Crippen LogP contribution is 2.32. The molecule has 0 heterocycles. The SMILES string of the molecule is CC(Nc1ccc(C(=O)NC2CC2)cc1[N+](=O)[O-])c1ccc(F)cc1Cl. The standard InChI is InChI=1S/C18H17ClFN3O3/c1-10(14-6-3-12(20)9-15(14)19)21-16-7-2-11(8-17(16)23(25)26)18(24)22-13-4-5-13/h2-3,6-10,13,21H,4-5H2,1H3,(H,22,24). The van der Waals surface area contributed by atoms with Gasteiger partial charge in [0.25, 0.3) is 11.6 Å². The Kier molecular flexibility index (Phi) is 5.08. The molecule has 0 aromatic heterocycles. The van der Waals surface area contributed by atoms with Crippen molar-refractivity contribution in [2.45, 2.75) is 31.8 Å². The monoisotopic (exact) mass is 377 g/mol. The van der Waals surface area contributed by atoms with Crippen LogP contribution in [0.4, 0.5) is 15.8 Å². The van der Waals surface area contributed by atoms with Gasteiger partial charge in [-0.05, 0) is 49.6 Å². The molecule has 1 aliphatic rings. The minimum absolute atomic E-state index is 0.167. The van der Waals surface area contributed by atoms with E-state index in [0.717, 1.165) is 12.8 Å². The number of amides is 1. The van der Waals surface area contributed by atoms with Crippen LogP contribution in [-0.2, 0) is 0 Å². The van der Waals surface area contributed by atoms with Gasteiger partial charge in [0.05, 0.1) is 11.0 Å². The molecular weight excluding hydrogens is 361 g/mol. The summed E-state index contributed by atoms with van der Waals surface area (Å²) in [6, 6.07) is 8.04. The van der Waals surface area contributed by atoms with E-state index in [4.69, 9.17) is 11.6 Å². The van der Waals surface area contributed by atoms with Gasteiger partial charge in [-0.25, -0.2) is 4.39 Å². The molecule has 1 fully saturated rings. The minimum Gasteiger partial charge on any atom is -0.373 e. The highest BCUT2D eigenvalue weighted by atomic mass is 35.5. The first-order valence-corrected chi connectivity index (χ1v) is 8.53. The Morgan fingerprint density at radius 2 is 2.04 bits per heavy atom. The lowest BCUT2D eigenvalue weighted by Gasteiger charge is -2.17. The second-order valence-electron chi connectivity index (χ2n) is 6.27. The number of nitrogens with one attached hydrogen (secondary N) is 2. The third-order valence-corrected chi connectivity index (χ3v) is 4.50. The Morgan fingerprint density at radius 1 is 1.31 bits per heavy atom. The van der Waals surface area contributed by atoms with E-state index in [9.17, 15) is 19.3 Å². The molecule has 136 valence electrons. The van der Waals surface area contributed by atoms with Crippen LogP contribution in [0.15, 0.2) is 36.4 Å². The first-order chi connectivity index (χ1) is 12.3. The van der Waals surface area contributed by atoms with Gasteiger partial charge in [0.1, 0.15) is 11.5 Å². The molecule has 0 bridgehead atoms. The predicted octanol–water partition coefficient (Wildman–Crippen LogP) is 4.45. The molecule has 1 saturated carbocycles. The second-order valence-corrected chi connectivity index (χ2v) is 6.68. The Bertz CT molecular complexity index is 871. The van der Waals surface area contributed by atoms with E-state index < -0.39 is 16.8 Å². The summed E-state index contributed by atoms with van der Waals surface area (Å²) < 4.78 is 13.2. The van der Waals surface area contributed by atoms with Crippen molar-refractivity contribution in [3.05, 3.63) is 68.5 Å². The molecule has 8 heteroatoms. The quantitative estimate of drug-likeness (QED) is 0.575. The number of carbonyl (C=O) groups excluding carboxylic acids is 1. The summed E-state index contributed by atoms with van der Waals surface area (Å²) in [6.45, 7) is 1.76. The van der Waals surface area contributed by atoms with Crippen LogP contribution in [0, 0.1) is 15.9 Å². The first-order valence-electron chi connectivity index (χ1n) is 8.16. The molecule has 3 rings (SSSR count). The normalized spacial score (nSPS) is 14.6. The van der Waals surface area contributed by atoms with Crippen molar-refractivity contribution in [2.75, 3.05) is 5.32 Å². The van der Waals surface area contributed by atoms with E-state index in [1.165, 1.54) is 36.4 Å². The van der Waals surface area contributed by atoms with Gasteiger partial charge >= 0.3 is 0 Å². The van der Waals surface area contributed by atoms with Gasteiger partial charge in [-0.2, -0.15) is 0 Å². The van der Waals surface area contributed by atoms with Crippen LogP contribution in [-0.4, -0.2) is 16.9 Å². The van der Waals surface area contributed by atoms with E-state index in [-0.39, 0.29) is 33.9 Å². The summed E-state index contributed by atoms with van der Waals surface area (Å²) in [5, 5.41) is 17.5. The second kappa shape index (κ2) is 7.29. The van der Waals surface area contributed by atoms with Crippen LogP contribution in [0.25, 0.3) is 0 Å². The Hall–Kier alpha value is -2.67. The molecule has 2 N–H and O–H groups in total. The summed E-state index contributed by atoms with van der Waals surface area (Å²) in [5.74, 6) is -0.778. The predicted molar refractivity (Wildman–Crippen MR) is 97.0 cm³/mol. The molecule has 1 atom stereocenters. The zero-order valence-electron chi connectivity index (χ0n) is 14.0. The lowest BCUT2D eigenvalue weighted by molar-refractivity contribution is -0.384. The number of rotatable bonds is 6. The van der Waals surface area contributed by atoms with Crippen molar-refractivity contribution >= 4 is 28.9 Å². The van der Waals surface area contributed by atoms with Crippen LogP contribution >= 0.6 is 11.6 Å². The van der Waals surface area contributed by atoms with E-state index in [1.807, 2.05) is 0 Å². The van der Waals surface area contributed by atoms with Crippen LogP contribution < -0.4 is 10.6 Å². The number of carbonyl (C=O) groups is 1. The fourth-order valence-electron chi connectivity index (χ4n) is 2.61. The molecular formula is C18H17ClFN3O3. The van der Waals surface area contributed by atoms with Gasteiger partial charge in [0.15, 0.2) is 0 Å². The Balaban J connectivity index is 1.84. The third kappa shape index (κ3) is 4.11. The van der Waals surface area contributed by atoms with Crippen LogP contribution in [0.1, 0.15) is 41.7 Å². The van der Waals surface area contributed by atoms with Crippen molar-refractivity contribution in [3.63, 3.8) is 0 Å². The highest BCUT2D eigenvalue weighted by molar-refractivity contribution is 6.31. The van der Waals surface area contributed by atoms with E-state index >= 15 is 0 Å². The van der Waals surface area contributed by atoms with Gasteiger partial charge in [-0.1, -0.05) is 17.7 Å². The molecule has 2 aromatic rings. The van der Waals surface area contributed by atoms with Crippen molar-refractivity contribution < 1.29 is 14.1 Å². The molecule has 1 amide bonds. The molecule has 1 unspecified atom stereocenters. The summed E-state index contributed by atoms with van der Waals surface area (Å²) in [6.07, 6.45) is 1.87. The van der Waals surface area contributed by atoms with E-state index in [2.05, 4.69) is 10.6 Å². The van der Waals surface area contributed by atoms with Gasteiger partial charge in [-0.3, -0.25) is 14.9 Å². The number of hydrogen-bond acceptors (Lipinski definition) is 4. The van der Waals surface area contributed by atoms with Crippen molar-refractivity contribution in [2.24, 2.45) is 0 Å². The first kappa shape index (κ1) is 18.1. The number of benzene rings is 2. The maximum atomic E-state index is 13.2. The number of halogens is 2. The average molecular weight is 378 g/mol. The van der Waals surface area contributed by atoms with Crippen LogP contribution in [0.5, 0.6) is 0 Å². The number of nitro benzene ring substituents is 1. The Morgan fingerprint density at radius 3 is 2.65 bits per heavy atom. The molecule has 0 spiro atoms. The van der Waals surface area contributed by atoms with Crippen molar-refractivity contribution in [1.82, 2.24) is 5.32 Å². The summed E-state index contributed by atoms with van der Waals surface area (Å²) in [4.78, 5) is 23.0. The molecule has 2 aromatic carbocycles. The molecule has 26 heavy (non-hydrogen) atoms. The van der Waals surface area contributed by atoms with Gasteiger partial charge < -0.3 is 10.6 Å². The van der Waals surface area contributed by atoms with Gasteiger partial charge in [0, 0.05) is 22.7 Å². The van der Waals surface area contributed by atoms with Gasteiger partial charge in [-0.15, -0.1) is 0 Å². The average Bonchev–Trinajstić information content (AvgIpc) is 3.38. The topological polar surface area (TPSA) is 84.3 Å². The highest BCUT2D eigenvalue weighted by Gasteiger charge is 2.25. The van der Waals surface area contributed by atoms with Gasteiger partial charge in [0.2, 0.25) is 0 Å². The van der Waals surface area contributed by atoms with E-state index in [1.54, 1.807) is 6.92 Å². The van der Waals surface area contributed by atoms with Crippen LogP contribution in [0.3, 0.4) is 0 Å². The summed E-state index contributed by atoms with van der Waals surface area (Å²) >= 11 is 6.05. The smallest absolute Gasteiger partial charge is 0.293 e. The summed E-state index contributed by atoms with van der Waals surface area (Å²) in [5.41, 5.74) is 0.893. The number of nitro groups is 1. The molecule has 0 radical (unpaired) electrons. The van der Waals surface area contributed by atoms with E-state index in [0.29, 0.717) is 5.56 Å². The van der Waals surface area contributed by atoms with Crippen molar-refractivity contribution in [1.29, 1.82) is 0 Å². The lowest BCUT2D eigenvalue weighted by atomic mass is 10.1. The Labute approximate surface area is 154 Å². The molecule has 1 aliphatic carbocycles. The maximum Gasteiger partial charge on any atom is 0.293 e. The largest absolute Gasteiger partial charge is 0.373 e. The molecule has 0 aliphatic heterocycles. The number of anilines is 1. The number of hydrogen-bond donors (Lipinski definition) is 2. The lowest BCUT2D eigenvalue weighted by Crippen LogP contribution is -2.25. The fraction of sp³-hybridized carbons (Fsp3) is 0.278. The third-order valence-electron chi connectivity index (χ3n) is 4.17. The zero-order valence-corrected chi connectivity index (χ0v) is 14.7. The number of nitrogens with zero attached hydrogens (tertiary/aromatic N) is 1. The zero-order chi connectivity index (χ0) is 18.8. The maximum absolute atomic E-state index is 13.2. The summed E-state index contributed by atoms with van der Waals surface area (Å²) in [7, 11) is 0. The minimum atomic E-state index is -0.546. The molecule has 6 nitrogen and oxygen atoms in total. The molecule has 0 saturated heterocycles. The van der Waals surface area contributed by atoms with Crippen LogP contribution in [0.2, 0.25) is 5.02 Å². The van der Waals surface area contributed by atoms with Crippen molar-refractivity contribution in [3.8, 4) is 0 Å². The fourth-order valence-corrected chi connectivity index (χ4v) is 2.94.